The van der Waals surface area contributed by atoms with Gasteiger partial charge in [0.05, 0.1) is 38.0 Å². The largest absolute Gasteiger partial charge is 0.469 e. The van der Waals surface area contributed by atoms with Gasteiger partial charge in [-0.25, -0.2) is 4.79 Å². The molecule has 0 bridgehead atoms. The zero-order chi connectivity index (χ0) is 21.4. The first-order valence-electron chi connectivity index (χ1n) is 9.03. The van der Waals surface area contributed by atoms with Crippen LogP contribution in [0.1, 0.15) is 18.9 Å². The fourth-order valence-electron chi connectivity index (χ4n) is 2.49. The first-order valence-corrected chi connectivity index (χ1v) is 9.40. The number of amidine groups is 1. The van der Waals surface area contributed by atoms with Crippen LogP contribution in [-0.2, 0) is 19.1 Å². The molecule has 7 nitrogen and oxygen atoms in total. The summed E-state index contributed by atoms with van der Waals surface area (Å²) in [6.45, 7) is 6.04. The molecule has 154 valence electrons. The average molecular weight is 418 g/mol. The second-order valence-electron chi connectivity index (χ2n) is 6.09. The molecule has 0 radical (unpaired) electrons. The molecule has 1 aromatic rings. The topological polar surface area (TPSA) is 80.2 Å². The summed E-state index contributed by atoms with van der Waals surface area (Å²) >= 11 is 5.99. The monoisotopic (exact) mass is 417 g/mol. The molecular weight excluding hydrogens is 394 g/mol. The molecule has 0 aliphatic carbocycles. The lowest BCUT2D eigenvalue weighted by atomic mass is 10.1. The Bertz CT molecular complexity index is 872. The summed E-state index contributed by atoms with van der Waals surface area (Å²) in [5.41, 5.74) is 1.85. The molecule has 0 amide bonds. The van der Waals surface area contributed by atoms with Crippen molar-refractivity contribution in [3.63, 3.8) is 0 Å². The maximum atomic E-state index is 12.0. The Morgan fingerprint density at radius 2 is 2.00 bits per heavy atom. The number of rotatable bonds is 7. The molecular formula is C21H24ClN3O4. The maximum absolute atomic E-state index is 12.0. The quantitative estimate of drug-likeness (QED) is 0.542. The number of benzene rings is 1. The summed E-state index contributed by atoms with van der Waals surface area (Å²) in [5.74, 6) is 0.370. The van der Waals surface area contributed by atoms with Gasteiger partial charge < -0.3 is 19.7 Å². The van der Waals surface area contributed by atoms with Crippen LogP contribution in [-0.4, -0.2) is 50.0 Å². The smallest absolute Gasteiger partial charge is 0.337 e. The van der Waals surface area contributed by atoms with Crippen molar-refractivity contribution in [1.82, 2.24) is 10.2 Å². The molecule has 0 spiro atoms. The van der Waals surface area contributed by atoms with Crippen molar-refractivity contribution in [2.75, 3.05) is 27.3 Å². The number of carbonyl (C=O) groups excluding carboxylic acids is 2. The Balaban J connectivity index is 2.36. The predicted molar refractivity (Wildman–Crippen MR) is 113 cm³/mol. The Kier molecular flexibility index (Phi) is 8.03. The third-order valence-corrected chi connectivity index (χ3v) is 4.31. The van der Waals surface area contributed by atoms with E-state index < -0.39 is 5.97 Å². The van der Waals surface area contributed by atoms with E-state index in [0.29, 0.717) is 16.7 Å². The Morgan fingerprint density at radius 3 is 2.62 bits per heavy atom. The highest BCUT2D eigenvalue weighted by Gasteiger charge is 2.20. The minimum Gasteiger partial charge on any atom is -0.469 e. The Labute approximate surface area is 175 Å². The normalized spacial score (nSPS) is 16.3. The lowest BCUT2D eigenvalue weighted by Crippen LogP contribution is -2.37. The van der Waals surface area contributed by atoms with Crippen LogP contribution < -0.4 is 5.32 Å². The lowest BCUT2D eigenvalue weighted by Gasteiger charge is -2.30. The third-order valence-electron chi connectivity index (χ3n) is 4.06. The molecule has 0 atom stereocenters. The van der Waals surface area contributed by atoms with E-state index in [4.69, 9.17) is 16.3 Å². The van der Waals surface area contributed by atoms with Gasteiger partial charge in [0.2, 0.25) is 0 Å². The van der Waals surface area contributed by atoms with E-state index in [1.54, 1.807) is 37.1 Å². The SMILES string of the molecule is C=C(/C=C1/NC(c2ccc(Cl)cc2)=CC(=NCCC(=O)OC)N1C)C(=O)OCC. The van der Waals surface area contributed by atoms with Gasteiger partial charge in [-0.1, -0.05) is 30.3 Å². The maximum Gasteiger partial charge on any atom is 0.337 e. The number of carbonyl (C=O) groups is 2. The highest BCUT2D eigenvalue weighted by molar-refractivity contribution is 6.30. The van der Waals surface area contributed by atoms with Crippen molar-refractivity contribution in [1.29, 1.82) is 0 Å². The minimum atomic E-state index is -0.498. The predicted octanol–water partition coefficient (Wildman–Crippen LogP) is 3.14. The molecule has 1 N–H and O–H groups in total. The highest BCUT2D eigenvalue weighted by atomic mass is 35.5. The molecule has 0 saturated heterocycles. The Hall–Kier alpha value is -3.06. The fourth-order valence-corrected chi connectivity index (χ4v) is 2.61. The summed E-state index contributed by atoms with van der Waals surface area (Å²) in [5, 5.41) is 3.90. The van der Waals surface area contributed by atoms with E-state index in [-0.39, 0.29) is 31.1 Å². The Morgan fingerprint density at radius 1 is 1.31 bits per heavy atom. The molecule has 8 heteroatoms. The second kappa shape index (κ2) is 10.5. The van der Waals surface area contributed by atoms with Crippen LogP contribution in [0.2, 0.25) is 5.02 Å². The number of aliphatic imine (C=N–C) groups is 1. The summed E-state index contributed by atoms with van der Waals surface area (Å²) in [7, 11) is 3.13. The molecule has 29 heavy (non-hydrogen) atoms. The number of esters is 2. The highest BCUT2D eigenvalue weighted by Crippen LogP contribution is 2.22. The first-order chi connectivity index (χ1) is 13.8. The van der Waals surface area contributed by atoms with Crippen molar-refractivity contribution in [2.24, 2.45) is 4.99 Å². The second-order valence-corrected chi connectivity index (χ2v) is 6.53. The van der Waals surface area contributed by atoms with Crippen molar-refractivity contribution >= 4 is 35.1 Å². The van der Waals surface area contributed by atoms with Crippen molar-refractivity contribution < 1.29 is 19.1 Å². The van der Waals surface area contributed by atoms with Crippen LogP contribution in [0.4, 0.5) is 0 Å². The van der Waals surface area contributed by atoms with Crippen LogP contribution in [0, 0.1) is 0 Å². The molecule has 0 unspecified atom stereocenters. The minimum absolute atomic E-state index is 0.167. The van der Waals surface area contributed by atoms with Crippen molar-refractivity contribution in [3.05, 3.63) is 65.0 Å². The van der Waals surface area contributed by atoms with Gasteiger partial charge in [-0.05, 0) is 30.7 Å². The number of hydrogen-bond donors (Lipinski definition) is 1. The fraction of sp³-hybridized carbons (Fsp3) is 0.286. The zero-order valence-corrected chi connectivity index (χ0v) is 17.5. The standard InChI is InChI=1S/C21H24ClN3O4/c1-5-29-21(27)14(2)12-19-24-17(15-6-8-16(22)9-7-15)13-18(25(19)3)23-11-10-20(26)28-4/h6-9,12-13,24H,2,5,10-11H2,1,3-4H3/b19-12-,23-18?. The van der Waals surface area contributed by atoms with Crippen LogP contribution in [0.25, 0.3) is 5.70 Å². The number of nitrogens with one attached hydrogen (secondary N) is 1. The third kappa shape index (κ3) is 6.22. The van der Waals surface area contributed by atoms with Gasteiger partial charge in [-0.3, -0.25) is 9.79 Å². The number of ether oxygens (including phenoxy) is 2. The zero-order valence-electron chi connectivity index (χ0n) is 16.7. The molecule has 0 fully saturated rings. The average Bonchev–Trinajstić information content (AvgIpc) is 2.71. The van der Waals surface area contributed by atoms with Gasteiger partial charge in [0.25, 0.3) is 0 Å². The van der Waals surface area contributed by atoms with E-state index in [2.05, 4.69) is 21.6 Å². The molecule has 1 aliphatic rings. The molecule has 0 aromatic heterocycles. The molecule has 0 saturated carbocycles. The van der Waals surface area contributed by atoms with E-state index >= 15 is 0 Å². The number of likely N-dealkylation sites (N-methyl/N-ethyl adjacent to an activating group) is 1. The van der Waals surface area contributed by atoms with Crippen LogP contribution in [0.15, 0.2) is 59.4 Å². The van der Waals surface area contributed by atoms with Gasteiger partial charge in [0, 0.05) is 18.1 Å². The van der Waals surface area contributed by atoms with Gasteiger partial charge in [0.1, 0.15) is 11.7 Å². The molecule has 2 rings (SSSR count). The number of nitrogens with zero attached hydrogens (tertiary/aromatic N) is 2. The van der Waals surface area contributed by atoms with Crippen LogP contribution >= 0.6 is 11.6 Å². The summed E-state index contributed by atoms with van der Waals surface area (Å²) in [6, 6.07) is 7.31. The van der Waals surface area contributed by atoms with E-state index in [9.17, 15) is 9.59 Å². The van der Waals surface area contributed by atoms with Gasteiger partial charge >= 0.3 is 11.9 Å². The first kappa shape index (κ1) is 22.2. The number of halogens is 1. The van der Waals surface area contributed by atoms with E-state index in [0.717, 1.165) is 11.3 Å². The van der Waals surface area contributed by atoms with Crippen molar-refractivity contribution in [2.45, 2.75) is 13.3 Å². The summed E-state index contributed by atoms with van der Waals surface area (Å²) < 4.78 is 9.65. The molecule has 1 heterocycles. The van der Waals surface area contributed by atoms with E-state index in [1.807, 2.05) is 18.2 Å². The van der Waals surface area contributed by atoms with Gasteiger partial charge in [0.15, 0.2) is 0 Å². The lowest BCUT2D eigenvalue weighted by molar-refractivity contribution is -0.140. The summed E-state index contributed by atoms with van der Waals surface area (Å²) in [6.07, 6.45) is 3.61. The molecule has 1 aromatic carbocycles. The number of methoxy groups -OCH3 is 1. The molecule has 1 aliphatic heterocycles. The summed E-state index contributed by atoms with van der Waals surface area (Å²) in [4.78, 5) is 29.6. The van der Waals surface area contributed by atoms with Crippen molar-refractivity contribution in [3.8, 4) is 0 Å². The van der Waals surface area contributed by atoms with Gasteiger partial charge in [-0.15, -0.1) is 0 Å². The van der Waals surface area contributed by atoms with E-state index in [1.165, 1.54) is 7.11 Å². The van der Waals surface area contributed by atoms with Gasteiger partial charge in [-0.2, -0.15) is 0 Å². The van der Waals surface area contributed by atoms with Crippen LogP contribution in [0.3, 0.4) is 0 Å². The number of hydrogen-bond acceptors (Lipinski definition) is 6. The van der Waals surface area contributed by atoms with Crippen LogP contribution in [0.5, 0.6) is 0 Å².